The Morgan fingerprint density at radius 2 is 1.85 bits per heavy atom. The smallest absolute Gasteiger partial charge is 0.373 e. The summed E-state index contributed by atoms with van der Waals surface area (Å²) in [5, 5.41) is 2.84. The fourth-order valence-corrected chi connectivity index (χ4v) is 1.85. The first-order chi connectivity index (χ1) is 9.45. The number of aromatic nitrogens is 2. The van der Waals surface area contributed by atoms with E-state index < -0.39 is 11.7 Å². The van der Waals surface area contributed by atoms with Crippen LogP contribution in [0.4, 0.5) is 19.0 Å². The normalized spacial score (nSPS) is 11.4. The first kappa shape index (κ1) is 14.3. The molecule has 0 fully saturated rings. The maximum absolute atomic E-state index is 13.0. The molecule has 1 aromatic carbocycles. The molecule has 2 rings (SSSR count). The number of rotatable bonds is 3. The van der Waals surface area contributed by atoms with Crippen LogP contribution in [0.1, 0.15) is 18.2 Å². The van der Waals surface area contributed by atoms with Crippen LogP contribution < -0.4 is 5.32 Å². The summed E-state index contributed by atoms with van der Waals surface area (Å²) < 4.78 is 39.1. The summed E-state index contributed by atoms with van der Waals surface area (Å²) >= 11 is 0. The molecule has 106 valence electrons. The highest BCUT2D eigenvalue weighted by molar-refractivity contribution is 5.63. The SMILES string of the molecule is CCc1cc(NC)nc(-c2ccccc2C(F)(F)F)n1. The van der Waals surface area contributed by atoms with Crippen molar-refractivity contribution in [3.05, 3.63) is 41.6 Å². The molecule has 0 radical (unpaired) electrons. The molecule has 1 heterocycles. The molecule has 6 heteroatoms. The summed E-state index contributed by atoms with van der Waals surface area (Å²) in [4.78, 5) is 8.32. The number of aryl methyl sites for hydroxylation is 1. The van der Waals surface area contributed by atoms with Crippen LogP contribution in [0.15, 0.2) is 30.3 Å². The van der Waals surface area contributed by atoms with Gasteiger partial charge in [0.1, 0.15) is 5.82 Å². The molecule has 1 N–H and O–H groups in total. The van der Waals surface area contributed by atoms with E-state index >= 15 is 0 Å². The van der Waals surface area contributed by atoms with Gasteiger partial charge in [-0.1, -0.05) is 25.1 Å². The second-order valence-corrected chi connectivity index (χ2v) is 4.22. The first-order valence-electron chi connectivity index (χ1n) is 6.18. The van der Waals surface area contributed by atoms with Crippen LogP contribution in [0.2, 0.25) is 0 Å². The summed E-state index contributed by atoms with van der Waals surface area (Å²) in [7, 11) is 1.67. The highest BCUT2D eigenvalue weighted by atomic mass is 19.4. The summed E-state index contributed by atoms with van der Waals surface area (Å²) in [6.07, 6.45) is -3.81. The molecular weight excluding hydrogens is 267 g/mol. The summed E-state index contributed by atoms with van der Waals surface area (Å²) in [6.45, 7) is 1.89. The summed E-state index contributed by atoms with van der Waals surface area (Å²) in [6, 6.07) is 7.05. The lowest BCUT2D eigenvalue weighted by Gasteiger charge is -2.13. The van der Waals surface area contributed by atoms with Crippen molar-refractivity contribution in [1.82, 2.24) is 9.97 Å². The lowest BCUT2D eigenvalue weighted by Crippen LogP contribution is -2.09. The predicted molar refractivity (Wildman–Crippen MR) is 71.4 cm³/mol. The van der Waals surface area contributed by atoms with Crippen molar-refractivity contribution in [1.29, 1.82) is 0 Å². The fraction of sp³-hybridized carbons (Fsp3) is 0.286. The van der Waals surface area contributed by atoms with E-state index in [0.29, 0.717) is 17.9 Å². The zero-order chi connectivity index (χ0) is 14.8. The second-order valence-electron chi connectivity index (χ2n) is 4.22. The summed E-state index contributed by atoms with van der Waals surface area (Å²) in [5.74, 6) is 0.588. The third-order valence-electron chi connectivity index (χ3n) is 2.87. The Morgan fingerprint density at radius 3 is 2.45 bits per heavy atom. The molecule has 0 aliphatic rings. The Balaban J connectivity index is 2.62. The average molecular weight is 281 g/mol. The Kier molecular flexibility index (Phi) is 3.92. The predicted octanol–water partition coefficient (Wildman–Crippen LogP) is 3.77. The topological polar surface area (TPSA) is 37.8 Å². The first-order valence-corrected chi connectivity index (χ1v) is 6.18. The van der Waals surface area contributed by atoms with Gasteiger partial charge in [0.15, 0.2) is 5.82 Å². The standard InChI is InChI=1S/C14H14F3N3/c1-3-9-8-12(18-2)20-13(19-9)10-6-4-5-7-11(10)14(15,16)17/h4-8H,3H2,1-2H3,(H,18,19,20). The molecule has 0 spiro atoms. The van der Waals surface area contributed by atoms with Gasteiger partial charge >= 0.3 is 6.18 Å². The quantitative estimate of drug-likeness (QED) is 0.930. The van der Waals surface area contributed by atoms with Crippen molar-refractivity contribution >= 4 is 5.82 Å². The molecule has 0 amide bonds. The van der Waals surface area contributed by atoms with E-state index in [0.717, 1.165) is 6.07 Å². The minimum atomic E-state index is -4.43. The van der Waals surface area contributed by atoms with Crippen LogP contribution in [0, 0.1) is 0 Å². The zero-order valence-electron chi connectivity index (χ0n) is 11.1. The molecule has 2 aromatic rings. The van der Waals surface area contributed by atoms with Gasteiger partial charge in [0.2, 0.25) is 0 Å². The Hall–Kier alpha value is -2.11. The minimum Gasteiger partial charge on any atom is -0.373 e. The number of hydrogen-bond acceptors (Lipinski definition) is 3. The Bertz CT molecular complexity index is 587. The largest absolute Gasteiger partial charge is 0.417 e. The van der Waals surface area contributed by atoms with Gasteiger partial charge in [-0.05, 0) is 12.5 Å². The van der Waals surface area contributed by atoms with Gasteiger partial charge < -0.3 is 5.32 Å². The molecule has 0 saturated heterocycles. The van der Waals surface area contributed by atoms with Gasteiger partial charge in [-0.25, -0.2) is 9.97 Å². The number of nitrogens with one attached hydrogen (secondary N) is 1. The Labute approximate surface area is 114 Å². The number of benzene rings is 1. The zero-order valence-corrected chi connectivity index (χ0v) is 11.1. The van der Waals surface area contributed by atoms with E-state index in [-0.39, 0.29) is 11.4 Å². The number of hydrogen-bond donors (Lipinski definition) is 1. The van der Waals surface area contributed by atoms with E-state index in [4.69, 9.17) is 0 Å². The van der Waals surface area contributed by atoms with Crippen molar-refractivity contribution in [2.45, 2.75) is 19.5 Å². The van der Waals surface area contributed by atoms with E-state index in [2.05, 4.69) is 15.3 Å². The van der Waals surface area contributed by atoms with Gasteiger partial charge in [-0.3, -0.25) is 0 Å². The van der Waals surface area contributed by atoms with Crippen LogP contribution in [-0.4, -0.2) is 17.0 Å². The molecule has 0 bridgehead atoms. The van der Waals surface area contributed by atoms with Crippen molar-refractivity contribution in [3.63, 3.8) is 0 Å². The number of anilines is 1. The third-order valence-corrected chi connectivity index (χ3v) is 2.87. The molecule has 0 aliphatic heterocycles. The maximum Gasteiger partial charge on any atom is 0.417 e. The number of nitrogens with zero attached hydrogens (tertiary/aromatic N) is 2. The molecule has 3 nitrogen and oxygen atoms in total. The number of halogens is 3. The molecule has 0 saturated carbocycles. The van der Waals surface area contributed by atoms with E-state index in [1.165, 1.54) is 12.1 Å². The minimum absolute atomic E-state index is 0.00759. The van der Waals surface area contributed by atoms with Crippen LogP contribution in [0.25, 0.3) is 11.4 Å². The fourth-order valence-electron chi connectivity index (χ4n) is 1.85. The lowest BCUT2D eigenvalue weighted by molar-refractivity contribution is -0.137. The molecule has 0 aliphatic carbocycles. The second kappa shape index (κ2) is 5.48. The molecule has 0 atom stereocenters. The van der Waals surface area contributed by atoms with Crippen molar-refractivity contribution in [2.75, 3.05) is 12.4 Å². The van der Waals surface area contributed by atoms with Gasteiger partial charge in [-0.15, -0.1) is 0 Å². The highest BCUT2D eigenvalue weighted by Crippen LogP contribution is 2.36. The van der Waals surface area contributed by atoms with E-state index in [1.807, 2.05) is 6.92 Å². The van der Waals surface area contributed by atoms with Gasteiger partial charge in [-0.2, -0.15) is 13.2 Å². The molecule has 0 unspecified atom stereocenters. The van der Waals surface area contributed by atoms with Crippen LogP contribution in [0.3, 0.4) is 0 Å². The van der Waals surface area contributed by atoms with Crippen LogP contribution >= 0.6 is 0 Å². The number of alkyl halides is 3. The van der Waals surface area contributed by atoms with Gasteiger partial charge in [0, 0.05) is 24.4 Å². The Morgan fingerprint density at radius 1 is 1.15 bits per heavy atom. The molecule has 1 aromatic heterocycles. The van der Waals surface area contributed by atoms with Crippen LogP contribution in [0.5, 0.6) is 0 Å². The lowest BCUT2D eigenvalue weighted by atomic mass is 10.1. The van der Waals surface area contributed by atoms with Crippen molar-refractivity contribution in [3.8, 4) is 11.4 Å². The van der Waals surface area contributed by atoms with E-state index in [9.17, 15) is 13.2 Å². The summed E-state index contributed by atoms with van der Waals surface area (Å²) in [5.41, 5.74) is -0.0431. The molecular formula is C14H14F3N3. The average Bonchev–Trinajstić information content (AvgIpc) is 2.45. The van der Waals surface area contributed by atoms with Gasteiger partial charge in [0.25, 0.3) is 0 Å². The van der Waals surface area contributed by atoms with Crippen molar-refractivity contribution < 1.29 is 13.2 Å². The third kappa shape index (κ3) is 2.89. The van der Waals surface area contributed by atoms with E-state index in [1.54, 1.807) is 19.2 Å². The monoisotopic (exact) mass is 281 g/mol. The van der Waals surface area contributed by atoms with Gasteiger partial charge in [0.05, 0.1) is 5.56 Å². The maximum atomic E-state index is 13.0. The highest BCUT2D eigenvalue weighted by Gasteiger charge is 2.34. The molecule has 20 heavy (non-hydrogen) atoms. The van der Waals surface area contributed by atoms with Crippen molar-refractivity contribution in [2.24, 2.45) is 0 Å². The van der Waals surface area contributed by atoms with Crippen LogP contribution in [-0.2, 0) is 12.6 Å².